The van der Waals surface area contributed by atoms with E-state index in [4.69, 9.17) is 9.47 Å². The molecule has 1 aliphatic carbocycles. The predicted molar refractivity (Wildman–Crippen MR) is 82.5 cm³/mol. The molecule has 0 saturated heterocycles. The number of allylic oxidation sites excluding steroid dienone is 1. The van der Waals surface area contributed by atoms with E-state index in [1.54, 1.807) is 26.2 Å². The number of ether oxygens (including phenoxy) is 2. The Bertz CT molecular complexity index is 861. The Morgan fingerprint density at radius 2 is 1.59 bits per heavy atom. The monoisotopic (exact) mass is 300 g/mol. The van der Waals surface area contributed by atoms with Gasteiger partial charge in [0.15, 0.2) is 5.76 Å². The minimum absolute atomic E-state index is 0.0207. The first kappa shape index (κ1) is 14.3. The Kier molecular flexibility index (Phi) is 3.02. The molecule has 0 fully saturated rings. The molecule has 114 valence electrons. The second-order valence-electron chi connectivity index (χ2n) is 5.32. The highest BCUT2D eigenvalue weighted by molar-refractivity contribution is 6.25. The van der Waals surface area contributed by atoms with E-state index >= 15 is 0 Å². The number of aliphatic hydroxyl groups is 1. The number of rotatable bonds is 2. The molecule has 0 atom stereocenters. The lowest BCUT2D eigenvalue weighted by molar-refractivity contribution is 0.0972. The van der Waals surface area contributed by atoms with Crippen LogP contribution in [0.4, 0.5) is 0 Å². The fourth-order valence-corrected chi connectivity index (χ4v) is 3.13. The quantitative estimate of drug-likeness (QED) is 0.890. The Morgan fingerprint density at radius 1 is 0.909 bits per heavy atom. The van der Waals surface area contributed by atoms with Crippen molar-refractivity contribution < 1.29 is 24.5 Å². The van der Waals surface area contributed by atoms with Crippen molar-refractivity contribution >= 4 is 22.3 Å². The minimum Gasteiger partial charge on any atom is -0.507 e. The number of hydrogen-bond donors (Lipinski definition) is 2. The molecule has 2 aromatic carbocycles. The maximum absolute atomic E-state index is 12.5. The van der Waals surface area contributed by atoms with E-state index in [1.807, 2.05) is 6.92 Å². The summed E-state index contributed by atoms with van der Waals surface area (Å²) in [5, 5.41) is 21.8. The van der Waals surface area contributed by atoms with Crippen molar-refractivity contribution in [3.05, 3.63) is 40.1 Å². The van der Waals surface area contributed by atoms with Gasteiger partial charge in [-0.2, -0.15) is 0 Å². The highest BCUT2D eigenvalue weighted by atomic mass is 16.5. The van der Waals surface area contributed by atoms with Gasteiger partial charge in [-0.1, -0.05) is 0 Å². The van der Waals surface area contributed by atoms with Gasteiger partial charge in [0.2, 0.25) is 11.5 Å². The van der Waals surface area contributed by atoms with Crippen LogP contribution in [0.25, 0.3) is 16.5 Å². The lowest BCUT2D eigenvalue weighted by atomic mass is 9.84. The van der Waals surface area contributed by atoms with Crippen molar-refractivity contribution in [2.45, 2.75) is 13.8 Å². The summed E-state index contributed by atoms with van der Waals surface area (Å²) in [5.41, 5.74) is 2.13. The van der Waals surface area contributed by atoms with Gasteiger partial charge in [-0.25, -0.2) is 0 Å². The summed E-state index contributed by atoms with van der Waals surface area (Å²) in [6.07, 6.45) is 0. The number of aryl methyl sites for hydroxylation is 2. The molecule has 22 heavy (non-hydrogen) atoms. The number of hydrogen-bond acceptors (Lipinski definition) is 5. The molecule has 0 unspecified atom stereocenters. The molecule has 2 N–H and O–H groups in total. The van der Waals surface area contributed by atoms with Crippen LogP contribution < -0.4 is 4.74 Å². The first-order valence-electron chi connectivity index (χ1n) is 6.78. The van der Waals surface area contributed by atoms with Gasteiger partial charge in [-0.15, -0.1) is 0 Å². The molecule has 0 aromatic heterocycles. The zero-order chi connectivity index (χ0) is 16.2. The molecule has 0 spiro atoms. The van der Waals surface area contributed by atoms with E-state index in [2.05, 4.69) is 0 Å². The molecule has 2 aromatic rings. The van der Waals surface area contributed by atoms with Gasteiger partial charge in [0.05, 0.1) is 19.8 Å². The first-order valence-corrected chi connectivity index (χ1v) is 6.78. The van der Waals surface area contributed by atoms with Crippen molar-refractivity contribution in [3.8, 4) is 11.5 Å². The van der Waals surface area contributed by atoms with E-state index in [9.17, 15) is 15.0 Å². The summed E-state index contributed by atoms with van der Waals surface area (Å²) < 4.78 is 10.6. The molecular formula is C17H16O5. The molecule has 0 heterocycles. The molecule has 5 nitrogen and oxygen atoms in total. The van der Waals surface area contributed by atoms with Gasteiger partial charge >= 0.3 is 0 Å². The zero-order valence-electron chi connectivity index (χ0n) is 12.8. The third-order valence-corrected chi connectivity index (χ3v) is 4.05. The Balaban J connectivity index is 2.65. The second-order valence-corrected chi connectivity index (χ2v) is 5.32. The summed E-state index contributed by atoms with van der Waals surface area (Å²) >= 11 is 0. The van der Waals surface area contributed by atoms with Crippen LogP contribution in [-0.4, -0.2) is 30.2 Å². The predicted octanol–water partition coefficient (Wildman–Crippen LogP) is 3.24. The van der Waals surface area contributed by atoms with E-state index in [0.717, 1.165) is 10.9 Å². The van der Waals surface area contributed by atoms with E-state index in [0.29, 0.717) is 27.8 Å². The van der Waals surface area contributed by atoms with Gasteiger partial charge in [0.25, 0.3) is 0 Å². The lowest BCUT2D eigenvalue weighted by Crippen LogP contribution is -2.16. The van der Waals surface area contributed by atoms with Gasteiger partial charge in [-0.3, -0.25) is 4.79 Å². The maximum Gasteiger partial charge on any atom is 0.232 e. The SMILES string of the molecule is COC1=C(O)C(=O)c2c(C)cc(OC)c3c(C)cc(O)c1c23. The van der Waals surface area contributed by atoms with Crippen molar-refractivity contribution in [1.29, 1.82) is 0 Å². The van der Waals surface area contributed by atoms with Crippen LogP contribution in [0.15, 0.2) is 17.9 Å². The van der Waals surface area contributed by atoms with Crippen molar-refractivity contribution in [1.82, 2.24) is 0 Å². The molecule has 5 heteroatoms. The number of Topliss-reactive ketones (excluding diaryl/α,β-unsaturated/α-hetero) is 1. The van der Waals surface area contributed by atoms with Crippen LogP contribution in [-0.2, 0) is 4.74 Å². The first-order chi connectivity index (χ1) is 10.4. The number of aromatic hydroxyl groups is 1. The van der Waals surface area contributed by atoms with E-state index < -0.39 is 11.5 Å². The molecule has 1 aliphatic rings. The van der Waals surface area contributed by atoms with E-state index in [1.165, 1.54) is 7.11 Å². The van der Waals surface area contributed by atoms with Crippen molar-refractivity contribution in [3.63, 3.8) is 0 Å². The fourth-order valence-electron chi connectivity index (χ4n) is 3.13. The smallest absolute Gasteiger partial charge is 0.232 e. The summed E-state index contributed by atoms with van der Waals surface area (Å²) in [5.74, 6) is -0.467. The highest BCUT2D eigenvalue weighted by Gasteiger charge is 2.33. The van der Waals surface area contributed by atoms with Crippen LogP contribution in [0.2, 0.25) is 0 Å². The third kappa shape index (κ3) is 1.62. The molecule has 0 radical (unpaired) electrons. The van der Waals surface area contributed by atoms with Crippen LogP contribution in [0.3, 0.4) is 0 Å². The number of phenols is 1. The molecule has 0 aliphatic heterocycles. The number of carbonyl (C=O) groups is 1. The van der Waals surface area contributed by atoms with Crippen LogP contribution in [0.1, 0.15) is 27.0 Å². The topological polar surface area (TPSA) is 76.0 Å². The van der Waals surface area contributed by atoms with Gasteiger partial charge < -0.3 is 19.7 Å². The molecular weight excluding hydrogens is 284 g/mol. The molecule has 3 rings (SSSR count). The molecule has 0 bridgehead atoms. The number of methoxy groups -OCH3 is 2. The van der Waals surface area contributed by atoms with E-state index in [-0.39, 0.29) is 11.5 Å². The average molecular weight is 300 g/mol. The fraction of sp³-hybridized carbons (Fsp3) is 0.235. The minimum atomic E-state index is -0.514. The molecule has 0 amide bonds. The standard InChI is InChI=1S/C17H16O5/c1-7-5-9(18)13-14-11(7)10(21-3)6-8(2)12(14)15(19)16(20)17(13)22-4/h5-6,18,20H,1-4H3. The van der Waals surface area contributed by atoms with Crippen LogP contribution in [0, 0.1) is 13.8 Å². The number of benzene rings is 2. The Morgan fingerprint density at radius 3 is 2.18 bits per heavy atom. The Labute approximate surface area is 127 Å². The number of phenolic OH excluding ortho intramolecular Hbond substituents is 1. The zero-order valence-corrected chi connectivity index (χ0v) is 12.8. The Hall–Kier alpha value is -2.69. The normalized spacial score (nSPS) is 13.7. The maximum atomic E-state index is 12.5. The van der Waals surface area contributed by atoms with Crippen LogP contribution >= 0.6 is 0 Å². The number of carbonyl (C=O) groups excluding carboxylic acids is 1. The van der Waals surface area contributed by atoms with Gasteiger partial charge in [0, 0.05) is 16.3 Å². The molecule has 0 saturated carbocycles. The van der Waals surface area contributed by atoms with Gasteiger partial charge in [0.1, 0.15) is 11.5 Å². The van der Waals surface area contributed by atoms with Crippen LogP contribution in [0.5, 0.6) is 11.5 Å². The summed E-state index contributed by atoms with van der Waals surface area (Å²) in [4.78, 5) is 12.5. The van der Waals surface area contributed by atoms with Gasteiger partial charge in [-0.05, 0) is 37.1 Å². The number of aliphatic hydroxyl groups excluding tert-OH is 1. The highest BCUT2D eigenvalue weighted by Crippen LogP contribution is 2.46. The summed E-state index contributed by atoms with van der Waals surface area (Å²) in [6, 6.07) is 3.33. The number of ketones is 1. The van der Waals surface area contributed by atoms with Crippen molar-refractivity contribution in [2.24, 2.45) is 0 Å². The second kappa shape index (κ2) is 4.66. The largest absolute Gasteiger partial charge is 0.507 e. The average Bonchev–Trinajstić information content (AvgIpc) is 2.48. The van der Waals surface area contributed by atoms with Crippen molar-refractivity contribution in [2.75, 3.05) is 14.2 Å². The summed E-state index contributed by atoms with van der Waals surface area (Å²) in [7, 11) is 2.90. The summed E-state index contributed by atoms with van der Waals surface area (Å²) in [6.45, 7) is 3.60. The third-order valence-electron chi connectivity index (χ3n) is 4.05. The lowest BCUT2D eigenvalue weighted by Gasteiger charge is -2.23.